The van der Waals surface area contributed by atoms with Crippen LogP contribution in [0.4, 0.5) is 5.69 Å². The first-order chi connectivity index (χ1) is 17.1. The molecule has 1 fully saturated rings. The van der Waals surface area contributed by atoms with Crippen molar-refractivity contribution in [2.45, 2.75) is 38.5 Å². The Kier molecular flexibility index (Phi) is 6.93. The van der Waals surface area contributed by atoms with Gasteiger partial charge in [0.05, 0.1) is 22.2 Å². The molecule has 1 amide bonds. The van der Waals surface area contributed by atoms with Crippen molar-refractivity contribution >= 4 is 22.9 Å². The Labute approximate surface area is 210 Å². The first-order valence-electron chi connectivity index (χ1n) is 11.9. The fourth-order valence-corrected chi connectivity index (χ4v) is 5.50. The molecular weight excluding hydrogens is 454 g/mol. The maximum absolute atomic E-state index is 13.2. The maximum atomic E-state index is 13.2. The van der Waals surface area contributed by atoms with Crippen LogP contribution in [0.25, 0.3) is 10.4 Å². The number of aliphatic hydroxyl groups excluding tert-OH is 1. The van der Waals surface area contributed by atoms with E-state index in [1.807, 2.05) is 59.8 Å². The summed E-state index contributed by atoms with van der Waals surface area (Å²) in [7, 11) is 0. The van der Waals surface area contributed by atoms with Gasteiger partial charge in [-0.25, -0.2) is 4.98 Å². The summed E-state index contributed by atoms with van der Waals surface area (Å²) in [6.07, 6.45) is 0.739. The van der Waals surface area contributed by atoms with Crippen molar-refractivity contribution < 1.29 is 9.90 Å². The molecule has 1 saturated heterocycles. The molecule has 2 N–H and O–H groups in total. The van der Waals surface area contributed by atoms with Gasteiger partial charge in [-0.05, 0) is 47.7 Å². The van der Waals surface area contributed by atoms with Gasteiger partial charge in [-0.15, -0.1) is 11.3 Å². The monoisotopic (exact) mass is 483 g/mol. The molecule has 2 heterocycles. The highest BCUT2D eigenvalue weighted by Gasteiger charge is 2.36. The van der Waals surface area contributed by atoms with Gasteiger partial charge in [-0.2, -0.15) is 0 Å². The van der Waals surface area contributed by atoms with Gasteiger partial charge in [0.25, 0.3) is 0 Å². The highest BCUT2D eigenvalue weighted by Crippen LogP contribution is 2.29. The fraction of sp³-hybridized carbons (Fsp3) is 0.241. The molecule has 5 nitrogen and oxygen atoms in total. The lowest BCUT2D eigenvalue weighted by molar-refractivity contribution is -0.122. The number of anilines is 1. The van der Waals surface area contributed by atoms with Crippen LogP contribution in [0.3, 0.4) is 0 Å². The van der Waals surface area contributed by atoms with Gasteiger partial charge in [0.15, 0.2) is 0 Å². The molecule has 1 aromatic heterocycles. The van der Waals surface area contributed by atoms with Crippen LogP contribution < -0.4 is 10.2 Å². The Bertz CT molecular complexity index is 1290. The molecule has 3 aromatic carbocycles. The van der Waals surface area contributed by atoms with E-state index in [0.29, 0.717) is 19.5 Å². The van der Waals surface area contributed by atoms with Gasteiger partial charge < -0.3 is 15.3 Å². The van der Waals surface area contributed by atoms with E-state index >= 15 is 0 Å². The lowest BCUT2D eigenvalue weighted by Gasteiger charge is -2.26. The minimum atomic E-state index is -0.523. The molecular formula is C29H29N3O2S. The lowest BCUT2D eigenvalue weighted by atomic mass is 10.0. The number of thiazole rings is 1. The summed E-state index contributed by atoms with van der Waals surface area (Å²) in [5.41, 5.74) is 8.48. The lowest BCUT2D eigenvalue weighted by Crippen LogP contribution is -2.43. The molecule has 2 atom stereocenters. The first-order valence-corrected chi connectivity index (χ1v) is 12.8. The van der Waals surface area contributed by atoms with Crippen molar-refractivity contribution in [2.75, 3.05) is 11.4 Å². The number of benzene rings is 3. The Morgan fingerprint density at radius 3 is 2.54 bits per heavy atom. The second-order valence-electron chi connectivity index (χ2n) is 9.07. The highest BCUT2D eigenvalue weighted by atomic mass is 32.1. The van der Waals surface area contributed by atoms with Crippen LogP contribution >= 0.6 is 11.3 Å². The first kappa shape index (κ1) is 23.3. The second kappa shape index (κ2) is 10.4. The summed E-state index contributed by atoms with van der Waals surface area (Å²) in [4.78, 5) is 20.7. The number of aryl methyl sites for hydroxylation is 1. The fourth-order valence-electron chi connectivity index (χ4n) is 4.68. The smallest absolute Gasteiger partial charge is 0.243 e. The van der Waals surface area contributed by atoms with Crippen molar-refractivity contribution in [3.05, 3.63) is 107 Å². The van der Waals surface area contributed by atoms with Crippen molar-refractivity contribution in [2.24, 2.45) is 0 Å². The predicted octanol–water partition coefficient (Wildman–Crippen LogP) is 4.97. The number of nitrogens with zero attached hydrogens (tertiary/aromatic N) is 2. The van der Waals surface area contributed by atoms with Gasteiger partial charge >= 0.3 is 0 Å². The van der Waals surface area contributed by atoms with Gasteiger partial charge in [-0.3, -0.25) is 4.79 Å². The molecule has 0 aliphatic carbocycles. The molecule has 0 saturated carbocycles. The Balaban J connectivity index is 1.25. The minimum absolute atomic E-state index is 0.0580. The minimum Gasteiger partial charge on any atom is -0.391 e. The van der Waals surface area contributed by atoms with Crippen LogP contribution in [0.15, 0.2) is 84.4 Å². The van der Waals surface area contributed by atoms with Gasteiger partial charge in [0.2, 0.25) is 5.91 Å². The molecule has 6 heteroatoms. The number of aromatic nitrogens is 1. The zero-order chi connectivity index (χ0) is 24.2. The van der Waals surface area contributed by atoms with Crippen molar-refractivity contribution in [3.63, 3.8) is 0 Å². The van der Waals surface area contributed by atoms with E-state index in [9.17, 15) is 9.90 Å². The zero-order valence-electron chi connectivity index (χ0n) is 19.7. The third-order valence-electron chi connectivity index (χ3n) is 6.50. The van der Waals surface area contributed by atoms with E-state index < -0.39 is 12.1 Å². The molecule has 0 radical (unpaired) electrons. The number of rotatable bonds is 7. The second-order valence-corrected chi connectivity index (χ2v) is 9.93. The number of carbonyl (C=O) groups excluding carboxylic acids is 1. The van der Waals surface area contributed by atoms with Crippen LogP contribution in [-0.4, -0.2) is 34.7 Å². The van der Waals surface area contributed by atoms with E-state index in [1.165, 1.54) is 16.0 Å². The van der Waals surface area contributed by atoms with Crippen LogP contribution in [0, 0.1) is 6.92 Å². The van der Waals surface area contributed by atoms with Crippen molar-refractivity contribution in [3.8, 4) is 10.4 Å². The summed E-state index contributed by atoms with van der Waals surface area (Å²) in [6.45, 7) is 2.92. The summed E-state index contributed by atoms with van der Waals surface area (Å²) in [5.74, 6) is -0.0580. The average Bonchev–Trinajstić information content (AvgIpc) is 3.49. The summed E-state index contributed by atoms with van der Waals surface area (Å²) >= 11 is 1.63. The molecule has 0 bridgehead atoms. The number of β-amino-alcohol motifs (C(OH)–C–C–N with tert-alkyl or cyclic N) is 1. The highest BCUT2D eigenvalue weighted by molar-refractivity contribution is 7.13. The number of aliphatic hydroxyl groups is 1. The third-order valence-corrected chi connectivity index (χ3v) is 7.48. The van der Waals surface area contributed by atoms with Gasteiger partial charge in [-0.1, -0.05) is 66.7 Å². The molecule has 0 spiro atoms. The molecule has 4 aromatic rings. The van der Waals surface area contributed by atoms with Crippen LogP contribution in [0.1, 0.15) is 28.8 Å². The number of hydrogen-bond acceptors (Lipinski definition) is 5. The maximum Gasteiger partial charge on any atom is 0.243 e. The molecule has 1 aliphatic rings. The molecule has 35 heavy (non-hydrogen) atoms. The van der Waals surface area contributed by atoms with Crippen LogP contribution in [0.5, 0.6) is 0 Å². The van der Waals surface area contributed by atoms with Crippen molar-refractivity contribution in [1.29, 1.82) is 0 Å². The normalized spacial score (nSPS) is 17.5. The van der Waals surface area contributed by atoms with E-state index in [4.69, 9.17) is 0 Å². The van der Waals surface area contributed by atoms with Crippen LogP contribution in [-0.2, 0) is 17.8 Å². The van der Waals surface area contributed by atoms with E-state index in [-0.39, 0.29) is 5.91 Å². The Hall–Kier alpha value is -3.48. The molecule has 0 unspecified atom stereocenters. The van der Waals surface area contributed by atoms with E-state index in [1.54, 1.807) is 11.3 Å². The number of carbonyl (C=O) groups is 1. The Morgan fingerprint density at radius 2 is 1.80 bits per heavy atom. The standard InChI is InChI=1S/C29H29N3O2S/c1-20-28(35-19-31-20)24-12-10-22(11-13-24)17-30-29(34)27-16-26(33)18-32(27)25-9-5-8-23(15-25)14-21-6-3-2-4-7-21/h2-13,15,19,26-27,33H,14,16-18H2,1H3,(H,30,34)/t26-,27+/m1/s1. The van der Waals surface area contributed by atoms with Gasteiger partial charge in [0, 0.05) is 25.2 Å². The number of hydrogen-bond donors (Lipinski definition) is 2. The van der Waals surface area contributed by atoms with E-state index in [2.05, 4.69) is 46.7 Å². The largest absolute Gasteiger partial charge is 0.391 e. The number of amides is 1. The van der Waals surface area contributed by atoms with Gasteiger partial charge in [0.1, 0.15) is 6.04 Å². The zero-order valence-corrected chi connectivity index (χ0v) is 20.5. The predicted molar refractivity (Wildman–Crippen MR) is 142 cm³/mol. The van der Waals surface area contributed by atoms with Crippen LogP contribution in [0.2, 0.25) is 0 Å². The summed E-state index contributed by atoms with van der Waals surface area (Å²) < 4.78 is 0. The molecule has 1 aliphatic heterocycles. The molecule has 178 valence electrons. The molecule has 5 rings (SSSR count). The van der Waals surface area contributed by atoms with E-state index in [0.717, 1.165) is 28.9 Å². The quantitative estimate of drug-likeness (QED) is 0.390. The third kappa shape index (κ3) is 5.45. The summed E-state index contributed by atoms with van der Waals surface area (Å²) in [5, 5.41) is 13.5. The SMILES string of the molecule is Cc1ncsc1-c1ccc(CNC(=O)[C@@H]2C[C@@H](O)CN2c2cccc(Cc3ccccc3)c2)cc1. The topological polar surface area (TPSA) is 65.5 Å². The van der Waals surface area contributed by atoms with Crippen molar-refractivity contribution in [1.82, 2.24) is 10.3 Å². The number of nitrogens with one attached hydrogen (secondary N) is 1. The summed E-state index contributed by atoms with van der Waals surface area (Å²) in [6, 6.07) is 26.5. The Morgan fingerprint density at radius 1 is 1.03 bits per heavy atom. The average molecular weight is 484 g/mol.